The average Bonchev–Trinajstić information content (AvgIpc) is 3.15. The largest absolute Gasteiger partial charge is 0.0629 e. The molecule has 0 nitrogen and oxygen atoms in total. The zero-order chi connectivity index (χ0) is 33.4. The van der Waals surface area contributed by atoms with E-state index < -0.39 is 0 Å². The molecule has 0 aromatic heterocycles. The molecule has 0 amide bonds. The fraction of sp³-hybridized carbons (Fsp3) is 0. The molecule has 204 valence electrons. The van der Waals surface area contributed by atoms with Gasteiger partial charge >= 0.3 is 0 Å². The SMILES string of the molecule is [2H]c1c([2H])c([2H])c(-c2cccc(-c3ccc4ccc5c(-c6cccc(-c7ccc8ccccc8c7)c6)ccc6ccc3c4c65)c2)c([2H])c1[2H]. The average molecular weight is 562 g/mol. The Kier molecular flexibility index (Phi) is 4.57. The molecule has 0 bridgehead atoms. The van der Waals surface area contributed by atoms with Crippen LogP contribution < -0.4 is 0 Å². The first-order valence-corrected chi connectivity index (χ1v) is 14.9. The van der Waals surface area contributed by atoms with Crippen molar-refractivity contribution in [2.24, 2.45) is 0 Å². The molecule has 0 radical (unpaired) electrons. The summed E-state index contributed by atoms with van der Waals surface area (Å²) in [7, 11) is 0. The van der Waals surface area contributed by atoms with Gasteiger partial charge in [0.15, 0.2) is 0 Å². The minimum atomic E-state index is -0.388. The molecule has 9 rings (SSSR count). The molecule has 0 spiro atoms. The van der Waals surface area contributed by atoms with E-state index in [1.807, 2.05) is 24.3 Å². The van der Waals surface area contributed by atoms with Crippen LogP contribution in [0.5, 0.6) is 0 Å². The van der Waals surface area contributed by atoms with Crippen molar-refractivity contribution < 1.29 is 6.85 Å². The first-order chi connectivity index (χ1) is 23.9. The molecule has 0 aliphatic heterocycles. The number of hydrogen-bond donors (Lipinski definition) is 0. The van der Waals surface area contributed by atoms with Crippen LogP contribution in [-0.2, 0) is 0 Å². The van der Waals surface area contributed by atoms with Crippen molar-refractivity contribution in [3.63, 3.8) is 0 Å². The number of rotatable bonds is 4. The van der Waals surface area contributed by atoms with Crippen molar-refractivity contribution in [1.29, 1.82) is 0 Å². The van der Waals surface area contributed by atoms with E-state index in [0.717, 1.165) is 27.5 Å². The molecule has 9 aromatic rings. The van der Waals surface area contributed by atoms with E-state index in [-0.39, 0.29) is 35.8 Å². The second-order valence-electron chi connectivity index (χ2n) is 11.4. The van der Waals surface area contributed by atoms with E-state index in [2.05, 4.69) is 115 Å². The van der Waals surface area contributed by atoms with Crippen molar-refractivity contribution >= 4 is 43.1 Å². The summed E-state index contributed by atoms with van der Waals surface area (Å²) in [6.07, 6.45) is 0. The summed E-state index contributed by atoms with van der Waals surface area (Å²) in [6.45, 7) is 0. The summed E-state index contributed by atoms with van der Waals surface area (Å²) in [5.41, 5.74) is 7.46. The summed E-state index contributed by atoms with van der Waals surface area (Å²) in [5, 5.41) is 9.48. The van der Waals surface area contributed by atoms with Crippen molar-refractivity contribution in [2.75, 3.05) is 0 Å². The molecule has 0 saturated carbocycles. The Bertz CT molecular complexity index is 2750. The van der Waals surface area contributed by atoms with Crippen molar-refractivity contribution in [3.8, 4) is 44.5 Å². The first-order valence-electron chi connectivity index (χ1n) is 17.4. The highest BCUT2D eigenvalue weighted by Crippen LogP contribution is 2.43. The van der Waals surface area contributed by atoms with Crippen molar-refractivity contribution in [1.82, 2.24) is 0 Å². The Morgan fingerprint density at radius 3 is 1.45 bits per heavy atom. The maximum atomic E-state index is 8.53. The Hall–Kier alpha value is -5.72. The predicted octanol–water partition coefficient (Wildman–Crippen LogP) is 12.4. The third-order valence-corrected chi connectivity index (χ3v) is 8.88. The number of fused-ring (bicyclic) bond motifs is 1. The third kappa shape index (κ3) is 4.00. The van der Waals surface area contributed by atoms with Gasteiger partial charge in [0, 0.05) is 0 Å². The normalized spacial score (nSPS) is 13.2. The molecule has 0 saturated heterocycles. The monoisotopic (exact) mass is 561 g/mol. The second-order valence-corrected chi connectivity index (χ2v) is 11.4. The van der Waals surface area contributed by atoms with Gasteiger partial charge in [-0.1, -0.05) is 152 Å². The summed E-state index contributed by atoms with van der Waals surface area (Å²) in [4.78, 5) is 0. The van der Waals surface area contributed by atoms with Gasteiger partial charge < -0.3 is 0 Å². The molecule has 0 atom stereocenters. The number of hydrogen-bond acceptors (Lipinski definition) is 0. The smallest absolute Gasteiger partial charge is 0.0622 e. The van der Waals surface area contributed by atoms with Gasteiger partial charge in [-0.2, -0.15) is 0 Å². The van der Waals surface area contributed by atoms with Crippen LogP contribution in [0.3, 0.4) is 0 Å². The maximum Gasteiger partial charge on any atom is 0.0629 e. The van der Waals surface area contributed by atoms with Crippen LogP contribution in [-0.4, -0.2) is 0 Å². The Balaban J connectivity index is 1.20. The lowest BCUT2D eigenvalue weighted by Gasteiger charge is -2.17. The minimum absolute atomic E-state index is 0.198. The highest BCUT2D eigenvalue weighted by atomic mass is 14.2. The van der Waals surface area contributed by atoms with Crippen LogP contribution in [0.2, 0.25) is 0 Å². The molecule has 0 heterocycles. The van der Waals surface area contributed by atoms with Crippen LogP contribution in [0.25, 0.3) is 87.6 Å². The molecule has 0 aliphatic carbocycles. The Morgan fingerprint density at radius 1 is 0.318 bits per heavy atom. The molecule has 0 heteroatoms. The van der Waals surface area contributed by atoms with E-state index in [1.165, 1.54) is 49.0 Å². The third-order valence-electron chi connectivity index (χ3n) is 8.88. The van der Waals surface area contributed by atoms with Gasteiger partial charge in [-0.25, -0.2) is 0 Å². The Labute approximate surface area is 263 Å². The zero-order valence-electron chi connectivity index (χ0n) is 28.8. The van der Waals surface area contributed by atoms with Gasteiger partial charge in [0.2, 0.25) is 0 Å². The highest BCUT2D eigenvalue weighted by molar-refractivity contribution is 6.27. The zero-order valence-corrected chi connectivity index (χ0v) is 23.8. The summed E-state index contributed by atoms with van der Waals surface area (Å²) >= 11 is 0. The highest BCUT2D eigenvalue weighted by Gasteiger charge is 2.15. The quantitative estimate of drug-likeness (QED) is 0.187. The van der Waals surface area contributed by atoms with E-state index in [1.54, 1.807) is 0 Å². The van der Waals surface area contributed by atoms with E-state index in [4.69, 9.17) is 6.85 Å². The summed E-state index contributed by atoms with van der Waals surface area (Å²) in [6, 6.07) is 47.6. The van der Waals surface area contributed by atoms with Gasteiger partial charge in [0.05, 0.1) is 6.85 Å². The summed E-state index contributed by atoms with van der Waals surface area (Å²) in [5.74, 6) is 0. The van der Waals surface area contributed by atoms with Gasteiger partial charge in [-0.3, -0.25) is 0 Å². The first kappa shape index (κ1) is 20.2. The molecule has 0 N–H and O–H groups in total. The topological polar surface area (TPSA) is 0 Å². The fourth-order valence-corrected chi connectivity index (χ4v) is 6.78. The van der Waals surface area contributed by atoms with Crippen molar-refractivity contribution in [2.45, 2.75) is 0 Å². The second kappa shape index (κ2) is 9.93. The molecule has 0 unspecified atom stereocenters. The van der Waals surface area contributed by atoms with Gasteiger partial charge in [0.25, 0.3) is 0 Å². The summed E-state index contributed by atoms with van der Waals surface area (Å²) < 4.78 is 41.5. The molecular formula is C44H28. The molecule has 0 fully saturated rings. The molecule has 9 aromatic carbocycles. The van der Waals surface area contributed by atoms with Crippen molar-refractivity contribution in [3.05, 3.63) is 170 Å². The van der Waals surface area contributed by atoms with Gasteiger partial charge in [0.1, 0.15) is 0 Å². The van der Waals surface area contributed by atoms with Crippen LogP contribution in [0.15, 0.2) is 170 Å². The predicted molar refractivity (Wildman–Crippen MR) is 189 cm³/mol. The lowest BCUT2D eigenvalue weighted by atomic mass is 9.86. The lowest BCUT2D eigenvalue weighted by Crippen LogP contribution is -1.90. The van der Waals surface area contributed by atoms with E-state index in [9.17, 15) is 0 Å². The van der Waals surface area contributed by atoms with E-state index in [0.29, 0.717) is 5.56 Å². The van der Waals surface area contributed by atoms with Crippen LogP contribution in [0.1, 0.15) is 6.85 Å². The lowest BCUT2D eigenvalue weighted by molar-refractivity contribution is 1.60. The molecule has 0 aliphatic rings. The standard InChI is InChI=1S/C44H28/c1-2-8-29(9-3-1)34-12-6-14-37(27-34)39-22-18-31-21-25-42-40(23-19-32-20-24-41(39)43(31)44(32)42)38-15-7-13-35(28-38)36-17-16-30-10-4-5-11-33(30)26-36/h1-28H/i1D,2D,3D,8D,9D. The fourth-order valence-electron chi connectivity index (χ4n) is 6.78. The molecule has 44 heavy (non-hydrogen) atoms. The molecular weight excluding hydrogens is 528 g/mol. The number of benzene rings is 9. The van der Waals surface area contributed by atoms with Gasteiger partial charge in [-0.05, 0) is 106 Å². The van der Waals surface area contributed by atoms with Crippen LogP contribution in [0, 0.1) is 0 Å². The minimum Gasteiger partial charge on any atom is -0.0622 e. The maximum absolute atomic E-state index is 8.53. The van der Waals surface area contributed by atoms with Crippen LogP contribution >= 0.6 is 0 Å². The van der Waals surface area contributed by atoms with E-state index >= 15 is 0 Å². The Morgan fingerprint density at radius 2 is 0.818 bits per heavy atom. The van der Waals surface area contributed by atoms with Crippen LogP contribution in [0.4, 0.5) is 0 Å². The van der Waals surface area contributed by atoms with Gasteiger partial charge in [-0.15, -0.1) is 0 Å².